The Labute approximate surface area is 167 Å². The van der Waals surface area contributed by atoms with E-state index in [-0.39, 0.29) is 0 Å². The molecule has 2 aliphatic heterocycles. The van der Waals surface area contributed by atoms with Gasteiger partial charge in [0.15, 0.2) is 0 Å². The number of rotatable bonds is 5. The Balaban J connectivity index is 1.37. The van der Waals surface area contributed by atoms with Crippen LogP contribution in [0.3, 0.4) is 0 Å². The highest BCUT2D eigenvalue weighted by Gasteiger charge is 2.45. The first-order chi connectivity index (χ1) is 13.6. The molecular formula is C23H29N5. The van der Waals surface area contributed by atoms with Gasteiger partial charge in [0.25, 0.3) is 0 Å². The Morgan fingerprint density at radius 2 is 1.96 bits per heavy atom. The van der Waals surface area contributed by atoms with E-state index < -0.39 is 0 Å². The van der Waals surface area contributed by atoms with Crippen LogP contribution in [0.5, 0.6) is 0 Å². The minimum atomic E-state index is 0.299. The van der Waals surface area contributed by atoms with Gasteiger partial charge in [-0.25, -0.2) is 0 Å². The number of nitrogens with zero attached hydrogens (tertiary/aromatic N) is 5. The van der Waals surface area contributed by atoms with E-state index in [4.69, 9.17) is 5.10 Å². The minimum absolute atomic E-state index is 0.299. The molecule has 3 aromatic rings. The zero-order valence-electron chi connectivity index (χ0n) is 16.9. The van der Waals surface area contributed by atoms with Gasteiger partial charge in [0.2, 0.25) is 0 Å². The molecule has 1 atom stereocenters. The van der Waals surface area contributed by atoms with Crippen molar-refractivity contribution < 1.29 is 0 Å². The Kier molecular flexibility index (Phi) is 4.44. The third kappa shape index (κ3) is 3.12. The first kappa shape index (κ1) is 17.8. The average Bonchev–Trinajstić information content (AvgIpc) is 3.38. The van der Waals surface area contributed by atoms with E-state index in [9.17, 15) is 0 Å². The molecule has 1 spiro atoms. The van der Waals surface area contributed by atoms with E-state index in [0.717, 1.165) is 23.3 Å². The lowest BCUT2D eigenvalue weighted by molar-refractivity contribution is 0.284. The normalized spacial score (nSPS) is 22.0. The molecule has 0 amide bonds. The maximum Gasteiger partial charge on any atom is 0.0941 e. The van der Waals surface area contributed by atoms with Gasteiger partial charge in [0, 0.05) is 41.3 Å². The number of hydrogen-bond donors (Lipinski definition) is 0. The van der Waals surface area contributed by atoms with Crippen LogP contribution in [0.15, 0.2) is 42.6 Å². The second kappa shape index (κ2) is 6.98. The van der Waals surface area contributed by atoms with E-state index in [1.807, 2.05) is 12.3 Å². The van der Waals surface area contributed by atoms with Crippen molar-refractivity contribution in [2.45, 2.75) is 31.2 Å². The maximum absolute atomic E-state index is 4.95. The zero-order chi connectivity index (χ0) is 19.1. The Morgan fingerprint density at radius 3 is 2.86 bits per heavy atom. The highest BCUT2D eigenvalue weighted by molar-refractivity contribution is 5.82. The highest BCUT2D eigenvalue weighted by Crippen LogP contribution is 2.43. The molecule has 1 fully saturated rings. The van der Waals surface area contributed by atoms with E-state index in [2.05, 4.69) is 63.9 Å². The molecule has 5 rings (SSSR count). The fourth-order valence-corrected chi connectivity index (χ4v) is 4.99. The summed E-state index contributed by atoms with van der Waals surface area (Å²) in [6.07, 6.45) is 5.71. The summed E-state index contributed by atoms with van der Waals surface area (Å²) < 4.78 is 2.26. The van der Waals surface area contributed by atoms with Gasteiger partial charge in [-0.05, 0) is 71.2 Å². The third-order valence-electron chi connectivity index (χ3n) is 6.52. The topological polar surface area (TPSA) is 37.2 Å². The summed E-state index contributed by atoms with van der Waals surface area (Å²) in [5.74, 6) is 0. The van der Waals surface area contributed by atoms with Crippen molar-refractivity contribution in [1.82, 2.24) is 24.6 Å². The van der Waals surface area contributed by atoms with Crippen LogP contribution in [0.4, 0.5) is 0 Å². The number of hydrogen-bond acceptors (Lipinski definition) is 4. The predicted octanol–water partition coefficient (Wildman–Crippen LogP) is 3.40. The van der Waals surface area contributed by atoms with Crippen LogP contribution in [-0.4, -0.2) is 64.8 Å². The fraction of sp³-hybridized carbons (Fsp3) is 0.478. The molecule has 5 heteroatoms. The van der Waals surface area contributed by atoms with E-state index in [1.54, 1.807) is 0 Å². The summed E-state index contributed by atoms with van der Waals surface area (Å²) in [5, 5.41) is 6.13. The molecule has 2 aromatic heterocycles. The van der Waals surface area contributed by atoms with Gasteiger partial charge in [-0.15, -0.1) is 0 Å². The number of aryl methyl sites for hydroxylation is 1. The number of pyridine rings is 1. The third-order valence-corrected chi connectivity index (χ3v) is 6.52. The maximum atomic E-state index is 4.95. The lowest BCUT2D eigenvalue weighted by atomic mass is 9.82. The first-order valence-corrected chi connectivity index (χ1v) is 10.4. The summed E-state index contributed by atoms with van der Waals surface area (Å²) >= 11 is 0. The highest BCUT2D eigenvalue weighted by atomic mass is 15.3. The lowest BCUT2D eigenvalue weighted by Gasteiger charge is -2.23. The second-order valence-electron chi connectivity index (χ2n) is 8.77. The smallest absolute Gasteiger partial charge is 0.0941 e. The molecule has 4 heterocycles. The van der Waals surface area contributed by atoms with Crippen molar-refractivity contribution in [1.29, 1.82) is 0 Å². The van der Waals surface area contributed by atoms with Crippen molar-refractivity contribution in [2.75, 3.05) is 40.3 Å². The van der Waals surface area contributed by atoms with Crippen LogP contribution in [-0.2, 0) is 12.0 Å². The molecule has 0 N–H and O–H groups in total. The van der Waals surface area contributed by atoms with Crippen molar-refractivity contribution in [2.24, 2.45) is 0 Å². The molecule has 28 heavy (non-hydrogen) atoms. The van der Waals surface area contributed by atoms with Crippen molar-refractivity contribution in [3.8, 4) is 11.3 Å². The number of aromatic nitrogens is 3. The van der Waals surface area contributed by atoms with Crippen LogP contribution < -0.4 is 0 Å². The molecule has 5 nitrogen and oxygen atoms in total. The lowest BCUT2D eigenvalue weighted by Crippen LogP contribution is -2.30. The molecule has 2 aliphatic rings. The van der Waals surface area contributed by atoms with Gasteiger partial charge in [-0.2, -0.15) is 5.10 Å². The zero-order valence-corrected chi connectivity index (χ0v) is 16.9. The largest absolute Gasteiger partial charge is 0.309 e. The molecule has 0 unspecified atom stereocenters. The molecule has 0 saturated carbocycles. The van der Waals surface area contributed by atoms with Crippen LogP contribution in [0.25, 0.3) is 22.2 Å². The van der Waals surface area contributed by atoms with E-state index >= 15 is 0 Å². The minimum Gasteiger partial charge on any atom is -0.309 e. The molecular weight excluding hydrogens is 346 g/mol. The standard InChI is InChI=1S/C23H29N5/c1-26(2)10-5-11-27-12-8-23(17-27)9-13-28-22(23)15-21(25-28)19-14-18-6-3-4-7-20(18)24-16-19/h3-4,6-7,14-16H,5,8-13,17H2,1-2H3/t23-/m0/s1. The molecule has 0 bridgehead atoms. The quantitative estimate of drug-likeness (QED) is 0.685. The number of benzene rings is 1. The average molecular weight is 376 g/mol. The van der Waals surface area contributed by atoms with Crippen LogP contribution in [0.2, 0.25) is 0 Å². The summed E-state index contributed by atoms with van der Waals surface area (Å²) in [4.78, 5) is 9.56. The van der Waals surface area contributed by atoms with Gasteiger partial charge in [0.05, 0.1) is 11.2 Å². The molecule has 1 saturated heterocycles. The van der Waals surface area contributed by atoms with Crippen molar-refractivity contribution >= 4 is 10.9 Å². The van der Waals surface area contributed by atoms with Gasteiger partial charge < -0.3 is 9.80 Å². The number of fused-ring (bicyclic) bond motifs is 3. The summed E-state index contributed by atoms with van der Waals surface area (Å²) in [6.45, 7) is 5.81. The monoisotopic (exact) mass is 375 g/mol. The first-order valence-electron chi connectivity index (χ1n) is 10.4. The van der Waals surface area contributed by atoms with Gasteiger partial charge in [-0.1, -0.05) is 18.2 Å². The number of likely N-dealkylation sites (tertiary alicyclic amines) is 1. The molecule has 0 aliphatic carbocycles. The number of para-hydroxylation sites is 1. The molecule has 0 radical (unpaired) electrons. The molecule has 1 aromatic carbocycles. The Bertz CT molecular complexity index is 992. The van der Waals surface area contributed by atoms with E-state index in [1.165, 1.54) is 56.5 Å². The SMILES string of the molecule is CN(C)CCCN1CC[C@]2(CCn3nc(-c4cnc5ccccc5c4)cc32)C1. The summed E-state index contributed by atoms with van der Waals surface area (Å²) in [5.41, 5.74) is 4.97. The van der Waals surface area contributed by atoms with Crippen LogP contribution in [0.1, 0.15) is 25.0 Å². The second-order valence-corrected chi connectivity index (χ2v) is 8.77. The molecule has 146 valence electrons. The Hall–Kier alpha value is -2.24. The van der Waals surface area contributed by atoms with Gasteiger partial charge >= 0.3 is 0 Å². The van der Waals surface area contributed by atoms with Crippen molar-refractivity contribution in [3.05, 3.63) is 48.3 Å². The van der Waals surface area contributed by atoms with Crippen LogP contribution in [0, 0.1) is 0 Å². The Morgan fingerprint density at radius 1 is 1.11 bits per heavy atom. The van der Waals surface area contributed by atoms with Gasteiger partial charge in [-0.3, -0.25) is 9.67 Å². The van der Waals surface area contributed by atoms with Crippen LogP contribution >= 0.6 is 0 Å². The van der Waals surface area contributed by atoms with Gasteiger partial charge in [0.1, 0.15) is 0 Å². The fourth-order valence-electron chi connectivity index (χ4n) is 4.99. The summed E-state index contributed by atoms with van der Waals surface area (Å²) in [6, 6.07) is 12.8. The predicted molar refractivity (Wildman–Crippen MR) is 113 cm³/mol. The van der Waals surface area contributed by atoms with E-state index in [0.29, 0.717) is 5.41 Å². The summed E-state index contributed by atoms with van der Waals surface area (Å²) in [7, 11) is 4.31. The van der Waals surface area contributed by atoms with Crippen molar-refractivity contribution in [3.63, 3.8) is 0 Å².